The standard InChI is InChI=1S/C10H16O/c11-10-5-3-1-2-4-8-6-7-9(8)10/h8-9H,1-7H2. The molecule has 2 fully saturated rings. The fourth-order valence-electron chi connectivity index (χ4n) is 2.41. The van der Waals surface area contributed by atoms with Crippen LogP contribution in [0.3, 0.4) is 0 Å². The van der Waals surface area contributed by atoms with E-state index in [-0.39, 0.29) is 0 Å². The third-order valence-electron chi connectivity index (χ3n) is 3.33. The molecule has 0 radical (unpaired) electrons. The lowest BCUT2D eigenvalue weighted by molar-refractivity contribution is -0.128. The highest BCUT2D eigenvalue weighted by Crippen LogP contribution is 2.40. The van der Waals surface area contributed by atoms with E-state index in [4.69, 9.17) is 0 Å². The van der Waals surface area contributed by atoms with Gasteiger partial charge in [0.2, 0.25) is 0 Å². The molecule has 2 rings (SSSR count). The quantitative estimate of drug-likeness (QED) is 0.521. The molecule has 0 heterocycles. The molecule has 2 saturated carbocycles. The first-order valence-electron chi connectivity index (χ1n) is 4.90. The van der Waals surface area contributed by atoms with Gasteiger partial charge in [-0.05, 0) is 31.6 Å². The molecule has 2 atom stereocenters. The number of rotatable bonds is 0. The summed E-state index contributed by atoms with van der Waals surface area (Å²) >= 11 is 0. The molecule has 0 saturated heterocycles. The Hall–Kier alpha value is -0.330. The average molecular weight is 152 g/mol. The molecule has 2 unspecified atom stereocenters. The number of carbonyl (C=O) groups excluding carboxylic acids is 1. The van der Waals surface area contributed by atoms with Crippen molar-refractivity contribution >= 4 is 5.78 Å². The lowest BCUT2D eigenvalue weighted by Crippen LogP contribution is -2.33. The van der Waals surface area contributed by atoms with Crippen molar-refractivity contribution in [3.63, 3.8) is 0 Å². The Balaban J connectivity index is 1.97. The van der Waals surface area contributed by atoms with E-state index >= 15 is 0 Å². The largest absolute Gasteiger partial charge is 0.299 e. The summed E-state index contributed by atoms with van der Waals surface area (Å²) in [5.41, 5.74) is 0. The summed E-state index contributed by atoms with van der Waals surface area (Å²) < 4.78 is 0. The van der Waals surface area contributed by atoms with Crippen molar-refractivity contribution in [1.29, 1.82) is 0 Å². The van der Waals surface area contributed by atoms with Gasteiger partial charge < -0.3 is 0 Å². The van der Waals surface area contributed by atoms with E-state index in [0.717, 1.165) is 18.8 Å². The summed E-state index contributed by atoms with van der Waals surface area (Å²) in [7, 11) is 0. The Morgan fingerprint density at radius 2 is 1.91 bits per heavy atom. The van der Waals surface area contributed by atoms with Crippen molar-refractivity contribution in [3.8, 4) is 0 Å². The molecule has 0 aliphatic heterocycles. The second kappa shape index (κ2) is 2.96. The van der Waals surface area contributed by atoms with Gasteiger partial charge in [0.15, 0.2) is 0 Å². The Morgan fingerprint density at radius 3 is 2.64 bits per heavy atom. The summed E-state index contributed by atoms with van der Waals surface area (Å²) in [5.74, 6) is 1.86. The zero-order valence-electron chi connectivity index (χ0n) is 7.01. The van der Waals surface area contributed by atoms with Crippen molar-refractivity contribution < 1.29 is 4.79 Å². The summed E-state index contributed by atoms with van der Waals surface area (Å²) in [5, 5.41) is 0. The van der Waals surface area contributed by atoms with Gasteiger partial charge in [-0.15, -0.1) is 0 Å². The van der Waals surface area contributed by atoms with Crippen LogP contribution in [-0.4, -0.2) is 5.78 Å². The van der Waals surface area contributed by atoms with Crippen LogP contribution >= 0.6 is 0 Å². The number of hydrogen-bond donors (Lipinski definition) is 0. The molecule has 0 aromatic carbocycles. The van der Waals surface area contributed by atoms with E-state index in [0.29, 0.717) is 11.7 Å². The summed E-state index contributed by atoms with van der Waals surface area (Å²) in [6.07, 6.45) is 8.54. The minimum Gasteiger partial charge on any atom is -0.299 e. The van der Waals surface area contributed by atoms with Gasteiger partial charge in [0, 0.05) is 12.3 Å². The second-order valence-corrected chi connectivity index (χ2v) is 4.01. The van der Waals surface area contributed by atoms with Gasteiger partial charge in [-0.2, -0.15) is 0 Å². The third-order valence-corrected chi connectivity index (χ3v) is 3.33. The zero-order chi connectivity index (χ0) is 7.68. The third kappa shape index (κ3) is 1.33. The van der Waals surface area contributed by atoms with Gasteiger partial charge >= 0.3 is 0 Å². The van der Waals surface area contributed by atoms with Crippen LogP contribution in [0.2, 0.25) is 0 Å². The van der Waals surface area contributed by atoms with Crippen LogP contribution in [0.4, 0.5) is 0 Å². The number of ketones is 1. The predicted molar refractivity (Wildman–Crippen MR) is 44.3 cm³/mol. The molecule has 0 bridgehead atoms. The maximum atomic E-state index is 11.4. The van der Waals surface area contributed by atoms with Crippen LogP contribution in [0, 0.1) is 11.8 Å². The summed E-state index contributed by atoms with van der Waals surface area (Å²) in [6.45, 7) is 0. The normalized spacial score (nSPS) is 38.4. The number of fused-ring (bicyclic) bond motifs is 1. The smallest absolute Gasteiger partial charge is 0.136 e. The van der Waals surface area contributed by atoms with Crippen LogP contribution in [0.15, 0.2) is 0 Å². The molecule has 0 aromatic heterocycles. The number of carbonyl (C=O) groups is 1. The monoisotopic (exact) mass is 152 g/mol. The summed E-state index contributed by atoms with van der Waals surface area (Å²) in [4.78, 5) is 11.4. The van der Waals surface area contributed by atoms with E-state index in [1.807, 2.05) is 0 Å². The van der Waals surface area contributed by atoms with E-state index < -0.39 is 0 Å². The lowest BCUT2D eigenvalue weighted by Gasteiger charge is -2.37. The number of Topliss-reactive ketones (excluding diaryl/α,β-unsaturated/α-hetero) is 1. The van der Waals surface area contributed by atoms with Gasteiger partial charge in [0.05, 0.1) is 0 Å². The fourth-order valence-corrected chi connectivity index (χ4v) is 2.41. The van der Waals surface area contributed by atoms with Crippen LogP contribution in [0.5, 0.6) is 0 Å². The van der Waals surface area contributed by atoms with Gasteiger partial charge in [-0.25, -0.2) is 0 Å². The Morgan fingerprint density at radius 1 is 1.00 bits per heavy atom. The molecule has 2 aliphatic carbocycles. The Bertz CT molecular complexity index is 162. The van der Waals surface area contributed by atoms with E-state index in [2.05, 4.69) is 0 Å². The first-order valence-corrected chi connectivity index (χ1v) is 4.90. The first-order chi connectivity index (χ1) is 5.38. The van der Waals surface area contributed by atoms with Gasteiger partial charge in [-0.3, -0.25) is 4.79 Å². The van der Waals surface area contributed by atoms with Crippen LogP contribution in [-0.2, 0) is 4.79 Å². The molecule has 11 heavy (non-hydrogen) atoms. The van der Waals surface area contributed by atoms with Crippen molar-refractivity contribution in [3.05, 3.63) is 0 Å². The van der Waals surface area contributed by atoms with Crippen LogP contribution in [0.1, 0.15) is 44.9 Å². The lowest BCUT2D eigenvalue weighted by atomic mass is 9.67. The summed E-state index contributed by atoms with van der Waals surface area (Å²) in [6, 6.07) is 0. The molecular weight excluding hydrogens is 136 g/mol. The maximum Gasteiger partial charge on any atom is 0.136 e. The minimum absolute atomic E-state index is 0.496. The van der Waals surface area contributed by atoms with Crippen molar-refractivity contribution in [2.24, 2.45) is 11.8 Å². The van der Waals surface area contributed by atoms with Gasteiger partial charge in [0.25, 0.3) is 0 Å². The molecule has 1 nitrogen and oxygen atoms in total. The maximum absolute atomic E-state index is 11.4. The molecule has 0 N–H and O–H groups in total. The molecule has 62 valence electrons. The van der Waals surface area contributed by atoms with E-state index in [9.17, 15) is 4.79 Å². The van der Waals surface area contributed by atoms with Crippen molar-refractivity contribution in [1.82, 2.24) is 0 Å². The highest BCUT2D eigenvalue weighted by molar-refractivity contribution is 5.82. The SMILES string of the molecule is O=C1CCCCCC2CCC12. The predicted octanol–water partition coefficient (Wildman–Crippen LogP) is 2.55. The Labute approximate surface area is 68.2 Å². The fraction of sp³-hybridized carbons (Fsp3) is 0.900. The highest BCUT2D eigenvalue weighted by Gasteiger charge is 2.35. The number of hydrogen-bond acceptors (Lipinski definition) is 1. The molecule has 0 aromatic rings. The molecule has 1 heteroatoms. The highest BCUT2D eigenvalue weighted by atomic mass is 16.1. The minimum atomic E-state index is 0.496. The second-order valence-electron chi connectivity index (χ2n) is 4.01. The zero-order valence-corrected chi connectivity index (χ0v) is 7.01. The van der Waals surface area contributed by atoms with Crippen molar-refractivity contribution in [2.45, 2.75) is 44.9 Å². The molecule has 0 spiro atoms. The van der Waals surface area contributed by atoms with Crippen LogP contribution < -0.4 is 0 Å². The topological polar surface area (TPSA) is 17.1 Å². The van der Waals surface area contributed by atoms with E-state index in [1.165, 1.54) is 32.1 Å². The van der Waals surface area contributed by atoms with Crippen molar-refractivity contribution in [2.75, 3.05) is 0 Å². The van der Waals surface area contributed by atoms with Gasteiger partial charge in [-0.1, -0.05) is 12.8 Å². The molecule has 0 amide bonds. The van der Waals surface area contributed by atoms with Crippen LogP contribution in [0.25, 0.3) is 0 Å². The Kier molecular flexibility index (Phi) is 1.97. The molecule has 2 aliphatic rings. The molecular formula is C10H16O. The van der Waals surface area contributed by atoms with E-state index in [1.54, 1.807) is 0 Å². The first kappa shape index (κ1) is 7.33. The van der Waals surface area contributed by atoms with Gasteiger partial charge in [0.1, 0.15) is 5.78 Å². The average Bonchev–Trinajstić information content (AvgIpc) is 1.92.